The van der Waals surface area contributed by atoms with Crippen molar-refractivity contribution < 1.29 is 9.47 Å². The number of rotatable bonds is 2. The van der Waals surface area contributed by atoms with Crippen molar-refractivity contribution in [2.75, 3.05) is 19.8 Å². The van der Waals surface area contributed by atoms with Crippen molar-refractivity contribution >= 4 is 0 Å². The third-order valence-corrected chi connectivity index (χ3v) is 3.28. The van der Waals surface area contributed by atoms with Gasteiger partial charge in [0.1, 0.15) is 0 Å². The van der Waals surface area contributed by atoms with Gasteiger partial charge in [-0.05, 0) is 25.7 Å². The maximum absolute atomic E-state index is 6.19. The summed E-state index contributed by atoms with van der Waals surface area (Å²) in [6, 6.07) is 0.285. The largest absolute Gasteiger partial charge is 0.381 e. The summed E-state index contributed by atoms with van der Waals surface area (Å²) in [5.74, 6) is 1.13. The smallest absolute Gasteiger partial charge is 0.0551 e. The Morgan fingerprint density at radius 1 is 1.31 bits per heavy atom. The van der Waals surface area contributed by atoms with Gasteiger partial charge in [0.05, 0.1) is 19.3 Å². The fourth-order valence-electron chi connectivity index (χ4n) is 2.36. The normalized spacial score (nSPS) is 42.5. The molecule has 0 saturated carbocycles. The van der Waals surface area contributed by atoms with Crippen molar-refractivity contribution in [2.45, 2.75) is 31.9 Å². The Morgan fingerprint density at radius 3 is 2.69 bits per heavy atom. The predicted octanol–water partition coefficient (Wildman–Crippen LogP) is 0.775. The van der Waals surface area contributed by atoms with Gasteiger partial charge in [-0.25, -0.2) is 0 Å². The first-order valence-corrected chi connectivity index (χ1v) is 5.22. The highest BCUT2D eigenvalue weighted by Crippen LogP contribution is 2.28. The van der Waals surface area contributed by atoms with Gasteiger partial charge in [0.2, 0.25) is 0 Å². The molecule has 0 aromatic carbocycles. The molecule has 0 amide bonds. The van der Waals surface area contributed by atoms with E-state index in [0.717, 1.165) is 32.7 Å². The minimum absolute atomic E-state index is 0.285. The van der Waals surface area contributed by atoms with Crippen molar-refractivity contribution in [3.05, 3.63) is 0 Å². The van der Waals surface area contributed by atoms with Crippen molar-refractivity contribution in [1.82, 2.24) is 0 Å². The Balaban J connectivity index is 1.85. The molecule has 2 N–H and O–H groups in total. The minimum Gasteiger partial charge on any atom is -0.381 e. The summed E-state index contributed by atoms with van der Waals surface area (Å²) in [4.78, 5) is 0. The van der Waals surface area contributed by atoms with Crippen molar-refractivity contribution in [2.24, 2.45) is 17.6 Å². The molecule has 2 saturated heterocycles. The fourth-order valence-corrected chi connectivity index (χ4v) is 2.36. The van der Waals surface area contributed by atoms with Crippen LogP contribution in [-0.2, 0) is 9.47 Å². The maximum atomic E-state index is 6.19. The van der Waals surface area contributed by atoms with E-state index in [1.165, 1.54) is 0 Å². The zero-order valence-corrected chi connectivity index (χ0v) is 8.24. The van der Waals surface area contributed by atoms with Crippen molar-refractivity contribution in [3.8, 4) is 0 Å². The zero-order valence-electron chi connectivity index (χ0n) is 8.24. The molecule has 4 atom stereocenters. The van der Waals surface area contributed by atoms with Gasteiger partial charge in [-0.2, -0.15) is 0 Å². The molecule has 3 heteroatoms. The lowest BCUT2D eigenvalue weighted by atomic mass is 9.87. The Bertz CT molecular complexity index is 168. The molecule has 0 aromatic heterocycles. The van der Waals surface area contributed by atoms with Gasteiger partial charge >= 0.3 is 0 Å². The summed E-state index contributed by atoms with van der Waals surface area (Å²) < 4.78 is 10.9. The lowest BCUT2D eigenvalue weighted by molar-refractivity contribution is 0.114. The SMILES string of the molecule is CC1CC(C(N)C2CCOC2)CO1. The molecule has 3 nitrogen and oxygen atoms in total. The summed E-state index contributed by atoms with van der Waals surface area (Å²) >= 11 is 0. The van der Waals surface area contributed by atoms with Crippen LogP contribution in [0.15, 0.2) is 0 Å². The molecule has 0 spiro atoms. The summed E-state index contributed by atoms with van der Waals surface area (Å²) in [5, 5.41) is 0. The fraction of sp³-hybridized carbons (Fsp3) is 1.00. The Morgan fingerprint density at radius 2 is 2.15 bits per heavy atom. The topological polar surface area (TPSA) is 44.5 Å². The average Bonchev–Trinajstić information content (AvgIpc) is 2.72. The molecule has 2 fully saturated rings. The average molecular weight is 185 g/mol. The second kappa shape index (κ2) is 3.95. The number of nitrogens with two attached hydrogens (primary N) is 1. The van der Waals surface area contributed by atoms with E-state index in [9.17, 15) is 0 Å². The second-order valence-electron chi connectivity index (χ2n) is 4.34. The molecule has 0 bridgehead atoms. The molecule has 2 aliphatic rings. The summed E-state index contributed by atoms with van der Waals surface area (Å²) in [6.07, 6.45) is 2.65. The standard InChI is InChI=1S/C10H19NO2/c1-7-4-9(6-13-7)10(11)8-2-3-12-5-8/h7-10H,2-6,11H2,1H3. The van der Waals surface area contributed by atoms with E-state index in [1.54, 1.807) is 0 Å². The summed E-state index contributed by atoms with van der Waals surface area (Å²) in [5.41, 5.74) is 6.19. The maximum Gasteiger partial charge on any atom is 0.0551 e. The molecule has 0 radical (unpaired) electrons. The second-order valence-corrected chi connectivity index (χ2v) is 4.34. The van der Waals surface area contributed by atoms with Crippen LogP contribution in [0.1, 0.15) is 19.8 Å². The highest BCUT2D eigenvalue weighted by atomic mass is 16.5. The lowest BCUT2D eigenvalue weighted by Crippen LogP contribution is -2.38. The van der Waals surface area contributed by atoms with E-state index in [4.69, 9.17) is 15.2 Å². The van der Waals surface area contributed by atoms with E-state index in [1.807, 2.05) is 0 Å². The van der Waals surface area contributed by atoms with Crippen LogP contribution in [0.25, 0.3) is 0 Å². The van der Waals surface area contributed by atoms with Crippen molar-refractivity contribution in [3.63, 3.8) is 0 Å². The lowest BCUT2D eigenvalue weighted by Gasteiger charge is -2.22. The molecule has 2 heterocycles. The van der Waals surface area contributed by atoms with E-state index < -0.39 is 0 Å². The van der Waals surface area contributed by atoms with Gasteiger partial charge < -0.3 is 15.2 Å². The summed E-state index contributed by atoms with van der Waals surface area (Å²) in [6.45, 7) is 4.71. The van der Waals surface area contributed by atoms with Gasteiger partial charge in [0.15, 0.2) is 0 Å². The third kappa shape index (κ3) is 2.03. The molecule has 2 aliphatic heterocycles. The highest BCUT2D eigenvalue weighted by molar-refractivity contribution is 4.86. The van der Waals surface area contributed by atoms with Crippen LogP contribution >= 0.6 is 0 Å². The molecule has 2 rings (SSSR count). The van der Waals surface area contributed by atoms with Gasteiger partial charge in [0.25, 0.3) is 0 Å². The molecule has 13 heavy (non-hydrogen) atoms. The molecule has 76 valence electrons. The van der Waals surface area contributed by atoms with Crippen LogP contribution in [0.3, 0.4) is 0 Å². The number of hydrogen-bond donors (Lipinski definition) is 1. The molecular weight excluding hydrogens is 166 g/mol. The van der Waals surface area contributed by atoms with Gasteiger partial charge in [-0.3, -0.25) is 0 Å². The Kier molecular flexibility index (Phi) is 2.86. The van der Waals surface area contributed by atoms with E-state index >= 15 is 0 Å². The van der Waals surface area contributed by atoms with Gasteiger partial charge in [-0.1, -0.05) is 0 Å². The van der Waals surface area contributed by atoms with Crippen molar-refractivity contribution in [1.29, 1.82) is 0 Å². The van der Waals surface area contributed by atoms with Gasteiger partial charge in [0, 0.05) is 18.6 Å². The van der Waals surface area contributed by atoms with Crippen LogP contribution in [0.4, 0.5) is 0 Å². The summed E-state index contributed by atoms with van der Waals surface area (Å²) in [7, 11) is 0. The highest BCUT2D eigenvalue weighted by Gasteiger charge is 2.33. The zero-order chi connectivity index (χ0) is 9.26. The minimum atomic E-state index is 0.285. The van der Waals surface area contributed by atoms with E-state index in [0.29, 0.717) is 17.9 Å². The molecule has 0 aliphatic carbocycles. The first-order chi connectivity index (χ1) is 6.27. The monoisotopic (exact) mass is 185 g/mol. The van der Waals surface area contributed by atoms with Gasteiger partial charge in [-0.15, -0.1) is 0 Å². The van der Waals surface area contributed by atoms with Crippen LogP contribution in [0, 0.1) is 11.8 Å². The molecular formula is C10H19NO2. The van der Waals surface area contributed by atoms with Crippen LogP contribution in [-0.4, -0.2) is 32.0 Å². The molecule has 4 unspecified atom stereocenters. The first kappa shape index (κ1) is 9.44. The Hall–Kier alpha value is -0.120. The quantitative estimate of drug-likeness (QED) is 0.691. The van der Waals surface area contributed by atoms with Crippen LogP contribution in [0.2, 0.25) is 0 Å². The third-order valence-electron chi connectivity index (χ3n) is 3.28. The van der Waals surface area contributed by atoms with Crippen LogP contribution < -0.4 is 5.73 Å². The predicted molar refractivity (Wildman–Crippen MR) is 50.4 cm³/mol. The first-order valence-electron chi connectivity index (χ1n) is 5.22. The van der Waals surface area contributed by atoms with Crippen LogP contribution in [0.5, 0.6) is 0 Å². The Labute approximate surface area is 79.6 Å². The number of ether oxygens (including phenoxy) is 2. The molecule has 0 aromatic rings. The van der Waals surface area contributed by atoms with E-state index in [-0.39, 0.29) is 6.04 Å². The van der Waals surface area contributed by atoms with E-state index in [2.05, 4.69) is 6.92 Å². The number of hydrogen-bond acceptors (Lipinski definition) is 3.